The quantitative estimate of drug-likeness (QED) is 0.522. The minimum absolute atomic E-state index is 0.00967. The van der Waals surface area contributed by atoms with Crippen LogP contribution in [0.4, 0.5) is 0 Å². The Balaban J connectivity index is 1.37. The van der Waals surface area contributed by atoms with Crippen LogP contribution < -0.4 is 10.5 Å². The van der Waals surface area contributed by atoms with E-state index in [0.29, 0.717) is 42.4 Å². The van der Waals surface area contributed by atoms with Crippen molar-refractivity contribution in [1.29, 1.82) is 0 Å². The predicted molar refractivity (Wildman–Crippen MR) is 131 cm³/mol. The molecule has 34 heavy (non-hydrogen) atoms. The highest BCUT2D eigenvalue weighted by atomic mass is 16.5. The monoisotopic (exact) mass is 458 g/mol. The van der Waals surface area contributed by atoms with Gasteiger partial charge in [0, 0.05) is 25.2 Å². The first-order chi connectivity index (χ1) is 16.5. The fourth-order valence-corrected chi connectivity index (χ4v) is 4.47. The Morgan fingerprint density at radius 3 is 2.41 bits per heavy atom. The molecule has 1 aliphatic heterocycles. The maximum absolute atomic E-state index is 13.1. The molecule has 6 nitrogen and oxygen atoms in total. The standard InChI is InChI=1S/C28H30N2O4/c29-18-20-6-4-9-23(16-20)21-12-14-30(15-13-21)27(31)24-10-5-11-25(17-24)34-19-26(28(32)33)22-7-2-1-3-8-22/h1-11,16-17,21,26H,12-15,18-19,29H2,(H,32,33)/t26-/m0/s1. The zero-order valence-electron chi connectivity index (χ0n) is 19.1. The Kier molecular flexibility index (Phi) is 7.60. The molecule has 4 rings (SSSR count). The fraction of sp³-hybridized carbons (Fsp3) is 0.286. The van der Waals surface area contributed by atoms with Crippen LogP contribution in [0.15, 0.2) is 78.9 Å². The zero-order valence-corrected chi connectivity index (χ0v) is 19.1. The molecule has 6 heteroatoms. The van der Waals surface area contributed by atoms with Crippen LogP contribution in [0.25, 0.3) is 0 Å². The number of carbonyl (C=O) groups is 2. The van der Waals surface area contributed by atoms with Crippen LogP contribution in [-0.4, -0.2) is 41.6 Å². The molecule has 176 valence electrons. The maximum atomic E-state index is 13.1. The molecule has 0 saturated carbocycles. The number of carboxylic acid groups (broad SMARTS) is 1. The molecule has 3 N–H and O–H groups in total. The minimum atomic E-state index is -0.946. The van der Waals surface area contributed by atoms with E-state index in [-0.39, 0.29) is 12.5 Å². The van der Waals surface area contributed by atoms with Gasteiger partial charge in [0.15, 0.2) is 0 Å². The van der Waals surface area contributed by atoms with E-state index in [9.17, 15) is 14.7 Å². The normalized spacial score (nSPS) is 15.0. The number of rotatable bonds is 8. The molecule has 1 saturated heterocycles. The predicted octanol–water partition coefficient (Wildman–Crippen LogP) is 4.41. The van der Waals surface area contributed by atoms with Gasteiger partial charge in [-0.1, -0.05) is 60.7 Å². The van der Waals surface area contributed by atoms with Crippen molar-refractivity contribution in [2.24, 2.45) is 5.73 Å². The summed E-state index contributed by atoms with van der Waals surface area (Å²) in [5, 5.41) is 9.60. The molecule has 3 aromatic rings. The zero-order chi connectivity index (χ0) is 23.9. The highest BCUT2D eigenvalue weighted by Gasteiger charge is 2.25. The van der Waals surface area contributed by atoms with E-state index >= 15 is 0 Å². The van der Waals surface area contributed by atoms with Crippen LogP contribution >= 0.6 is 0 Å². The van der Waals surface area contributed by atoms with Crippen molar-refractivity contribution >= 4 is 11.9 Å². The highest BCUT2D eigenvalue weighted by Crippen LogP contribution is 2.29. The molecule has 1 fully saturated rings. The number of amides is 1. The number of benzene rings is 3. The number of likely N-dealkylation sites (tertiary alicyclic amines) is 1. The molecule has 0 radical (unpaired) electrons. The summed E-state index contributed by atoms with van der Waals surface area (Å²) in [5.41, 5.74) is 9.43. The van der Waals surface area contributed by atoms with Crippen LogP contribution in [0.1, 0.15) is 51.7 Å². The molecule has 1 amide bonds. The Morgan fingerprint density at radius 1 is 0.971 bits per heavy atom. The van der Waals surface area contributed by atoms with Crippen LogP contribution in [0.3, 0.4) is 0 Å². The smallest absolute Gasteiger partial charge is 0.314 e. The number of piperidine rings is 1. The van der Waals surface area contributed by atoms with Gasteiger partial charge in [-0.15, -0.1) is 0 Å². The summed E-state index contributed by atoms with van der Waals surface area (Å²) >= 11 is 0. The van der Waals surface area contributed by atoms with Gasteiger partial charge in [-0.2, -0.15) is 0 Å². The number of hydrogen-bond acceptors (Lipinski definition) is 4. The van der Waals surface area contributed by atoms with E-state index in [2.05, 4.69) is 12.1 Å². The molecule has 0 unspecified atom stereocenters. The molecule has 1 aliphatic rings. The van der Waals surface area contributed by atoms with Gasteiger partial charge >= 0.3 is 5.97 Å². The number of carbonyl (C=O) groups excluding carboxylic acids is 1. The van der Waals surface area contributed by atoms with Crippen LogP contribution in [0.5, 0.6) is 5.75 Å². The largest absolute Gasteiger partial charge is 0.492 e. The Bertz CT molecular complexity index is 1120. The van der Waals surface area contributed by atoms with E-state index in [4.69, 9.17) is 10.5 Å². The summed E-state index contributed by atoms with van der Waals surface area (Å²) in [6.45, 7) is 1.90. The molecule has 0 bridgehead atoms. The van der Waals surface area contributed by atoms with Crippen molar-refractivity contribution in [2.75, 3.05) is 19.7 Å². The average molecular weight is 459 g/mol. The van der Waals surface area contributed by atoms with Crippen molar-refractivity contribution in [3.05, 3.63) is 101 Å². The van der Waals surface area contributed by atoms with Crippen molar-refractivity contribution in [1.82, 2.24) is 4.90 Å². The summed E-state index contributed by atoms with van der Waals surface area (Å²) in [7, 11) is 0. The van der Waals surface area contributed by atoms with E-state index in [0.717, 1.165) is 18.4 Å². The number of nitrogens with two attached hydrogens (primary N) is 1. The molecule has 0 aliphatic carbocycles. The molecular formula is C28H30N2O4. The summed E-state index contributed by atoms with van der Waals surface area (Å²) in [6.07, 6.45) is 1.82. The van der Waals surface area contributed by atoms with Crippen LogP contribution in [0, 0.1) is 0 Å². The Hall–Kier alpha value is -3.64. The molecule has 3 aromatic carbocycles. The summed E-state index contributed by atoms with van der Waals surface area (Å²) in [5.74, 6) is -0.842. The van der Waals surface area contributed by atoms with E-state index in [1.807, 2.05) is 35.2 Å². The lowest BCUT2D eigenvalue weighted by molar-refractivity contribution is -0.139. The van der Waals surface area contributed by atoms with Gasteiger partial charge in [0.05, 0.1) is 0 Å². The first-order valence-corrected chi connectivity index (χ1v) is 11.6. The summed E-state index contributed by atoms with van der Waals surface area (Å²) in [6, 6.07) is 24.4. The molecular weight excluding hydrogens is 428 g/mol. The number of carboxylic acids is 1. The Labute approximate surface area is 200 Å². The van der Waals surface area contributed by atoms with Crippen LogP contribution in [-0.2, 0) is 11.3 Å². The fourth-order valence-electron chi connectivity index (χ4n) is 4.47. The van der Waals surface area contributed by atoms with E-state index < -0.39 is 11.9 Å². The lowest BCUT2D eigenvalue weighted by atomic mass is 9.88. The van der Waals surface area contributed by atoms with Gasteiger partial charge in [-0.25, -0.2) is 0 Å². The van der Waals surface area contributed by atoms with Crippen molar-refractivity contribution in [2.45, 2.75) is 31.2 Å². The molecule has 1 heterocycles. The van der Waals surface area contributed by atoms with Gasteiger partial charge in [0.2, 0.25) is 0 Å². The number of nitrogens with zero attached hydrogens (tertiary/aromatic N) is 1. The second-order valence-corrected chi connectivity index (χ2v) is 8.66. The molecule has 1 atom stereocenters. The molecule has 0 aromatic heterocycles. The van der Waals surface area contributed by atoms with Crippen LogP contribution in [0.2, 0.25) is 0 Å². The minimum Gasteiger partial charge on any atom is -0.492 e. The first kappa shape index (κ1) is 23.5. The topological polar surface area (TPSA) is 92.9 Å². The third-order valence-electron chi connectivity index (χ3n) is 6.44. The summed E-state index contributed by atoms with van der Waals surface area (Å²) < 4.78 is 5.80. The van der Waals surface area contributed by atoms with E-state index in [1.54, 1.807) is 36.4 Å². The van der Waals surface area contributed by atoms with Gasteiger partial charge in [-0.05, 0) is 53.6 Å². The molecule has 0 spiro atoms. The van der Waals surface area contributed by atoms with Gasteiger partial charge in [0.25, 0.3) is 5.91 Å². The van der Waals surface area contributed by atoms with Gasteiger partial charge in [-0.3, -0.25) is 9.59 Å². The van der Waals surface area contributed by atoms with Gasteiger partial charge in [0.1, 0.15) is 18.3 Å². The average Bonchev–Trinajstić information content (AvgIpc) is 2.89. The van der Waals surface area contributed by atoms with Gasteiger partial charge < -0.3 is 20.5 Å². The first-order valence-electron chi connectivity index (χ1n) is 11.6. The lowest BCUT2D eigenvalue weighted by Crippen LogP contribution is -2.37. The van der Waals surface area contributed by atoms with Crippen molar-refractivity contribution in [3.8, 4) is 5.75 Å². The second kappa shape index (κ2) is 11.0. The number of hydrogen-bond donors (Lipinski definition) is 2. The van der Waals surface area contributed by atoms with Crippen molar-refractivity contribution < 1.29 is 19.4 Å². The SMILES string of the molecule is NCc1cccc(C2CCN(C(=O)c3cccc(OC[C@H](C(=O)O)c4ccccc4)c3)CC2)c1. The third kappa shape index (κ3) is 5.64. The third-order valence-corrected chi connectivity index (χ3v) is 6.44. The second-order valence-electron chi connectivity index (χ2n) is 8.66. The highest BCUT2D eigenvalue weighted by molar-refractivity contribution is 5.94. The lowest BCUT2D eigenvalue weighted by Gasteiger charge is -2.32. The Morgan fingerprint density at radius 2 is 1.71 bits per heavy atom. The summed E-state index contributed by atoms with van der Waals surface area (Å²) in [4.78, 5) is 26.7. The van der Waals surface area contributed by atoms with E-state index in [1.165, 1.54) is 5.56 Å². The maximum Gasteiger partial charge on any atom is 0.314 e. The number of ether oxygens (including phenoxy) is 1. The number of aliphatic carboxylic acids is 1. The van der Waals surface area contributed by atoms with Crippen molar-refractivity contribution in [3.63, 3.8) is 0 Å².